The topological polar surface area (TPSA) is 61.4 Å². The van der Waals surface area contributed by atoms with Gasteiger partial charge in [-0.3, -0.25) is 0 Å². The van der Waals surface area contributed by atoms with Gasteiger partial charge in [-0.1, -0.05) is 19.3 Å². The van der Waals surface area contributed by atoms with E-state index in [1.165, 1.54) is 19.3 Å². The molecular formula is C13H20N2O2S. The number of hydrogen-bond acceptors (Lipinski definition) is 3. The van der Waals surface area contributed by atoms with Gasteiger partial charge in [0.25, 0.3) is 0 Å². The lowest BCUT2D eigenvalue weighted by Crippen LogP contribution is -2.44. The Morgan fingerprint density at radius 3 is 2.89 bits per heavy atom. The van der Waals surface area contributed by atoms with E-state index in [-0.39, 0.29) is 12.6 Å². The second kappa shape index (κ2) is 6.75. The summed E-state index contributed by atoms with van der Waals surface area (Å²) in [6.45, 7) is 0.259. The van der Waals surface area contributed by atoms with Crippen LogP contribution in [0.15, 0.2) is 16.8 Å². The predicted octanol–water partition coefficient (Wildman–Crippen LogP) is 2.41. The molecule has 2 rings (SSSR count). The Balaban J connectivity index is 1.68. The summed E-state index contributed by atoms with van der Waals surface area (Å²) in [7, 11) is 0. The molecule has 1 heterocycles. The minimum atomic E-state index is -0.617. The van der Waals surface area contributed by atoms with Crippen molar-refractivity contribution in [2.45, 2.75) is 44.2 Å². The maximum atomic E-state index is 11.7. The Morgan fingerprint density at radius 1 is 1.44 bits per heavy atom. The third-order valence-electron chi connectivity index (χ3n) is 3.32. The zero-order chi connectivity index (χ0) is 12.8. The number of nitrogens with one attached hydrogen (secondary N) is 2. The molecule has 1 unspecified atom stereocenters. The fourth-order valence-electron chi connectivity index (χ4n) is 2.26. The summed E-state index contributed by atoms with van der Waals surface area (Å²) in [5.41, 5.74) is 0.859. The molecule has 18 heavy (non-hydrogen) atoms. The highest BCUT2D eigenvalue weighted by molar-refractivity contribution is 7.07. The molecule has 0 saturated heterocycles. The second-order valence-electron chi connectivity index (χ2n) is 4.76. The van der Waals surface area contributed by atoms with Crippen LogP contribution in [-0.4, -0.2) is 23.7 Å². The normalized spacial score (nSPS) is 18.3. The summed E-state index contributed by atoms with van der Waals surface area (Å²) in [5.74, 6) is 0. The van der Waals surface area contributed by atoms with Gasteiger partial charge in [-0.15, -0.1) is 0 Å². The summed E-state index contributed by atoms with van der Waals surface area (Å²) < 4.78 is 0. The monoisotopic (exact) mass is 268 g/mol. The van der Waals surface area contributed by atoms with Crippen molar-refractivity contribution in [1.82, 2.24) is 10.6 Å². The number of aliphatic hydroxyl groups is 1. The van der Waals surface area contributed by atoms with E-state index in [1.54, 1.807) is 11.3 Å². The number of aliphatic hydroxyl groups excluding tert-OH is 1. The third-order valence-corrected chi connectivity index (χ3v) is 4.03. The van der Waals surface area contributed by atoms with Gasteiger partial charge in [0, 0.05) is 12.6 Å². The largest absolute Gasteiger partial charge is 0.387 e. The average molecular weight is 268 g/mol. The standard InChI is InChI=1S/C13H20N2O2S/c16-12(10-6-7-18-9-10)8-14-13(17)15-11-4-2-1-3-5-11/h6-7,9,11-12,16H,1-5,8H2,(H2,14,15,17). The van der Waals surface area contributed by atoms with Gasteiger partial charge in [-0.2, -0.15) is 11.3 Å². The maximum Gasteiger partial charge on any atom is 0.315 e. The number of carbonyl (C=O) groups excluding carboxylic acids is 1. The van der Waals surface area contributed by atoms with Crippen LogP contribution in [0.5, 0.6) is 0 Å². The van der Waals surface area contributed by atoms with Gasteiger partial charge < -0.3 is 15.7 Å². The molecule has 0 bridgehead atoms. The van der Waals surface area contributed by atoms with Gasteiger partial charge in [-0.05, 0) is 35.2 Å². The van der Waals surface area contributed by atoms with Crippen LogP contribution < -0.4 is 10.6 Å². The summed E-state index contributed by atoms with van der Waals surface area (Å²) in [6, 6.07) is 2.00. The van der Waals surface area contributed by atoms with Crippen molar-refractivity contribution in [3.8, 4) is 0 Å². The first kappa shape index (κ1) is 13.4. The number of thiophene rings is 1. The van der Waals surface area contributed by atoms with Crippen LogP contribution in [0.3, 0.4) is 0 Å². The van der Waals surface area contributed by atoms with E-state index in [9.17, 15) is 9.90 Å². The first-order chi connectivity index (χ1) is 8.75. The van der Waals surface area contributed by atoms with Gasteiger partial charge in [0.1, 0.15) is 0 Å². The molecule has 1 aromatic rings. The highest BCUT2D eigenvalue weighted by Gasteiger charge is 2.16. The Morgan fingerprint density at radius 2 is 2.22 bits per heavy atom. The molecule has 1 aromatic heterocycles. The minimum Gasteiger partial charge on any atom is -0.387 e. The van der Waals surface area contributed by atoms with Crippen molar-refractivity contribution in [1.29, 1.82) is 0 Å². The van der Waals surface area contributed by atoms with Crippen LogP contribution in [0.2, 0.25) is 0 Å². The van der Waals surface area contributed by atoms with Crippen LogP contribution in [0.1, 0.15) is 43.8 Å². The number of hydrogen-bond donors (Lipinski definition) is 3. The molecule has 0 aliphatic heterocycles. The Kier molecular flexibility index (Phi) is 5.01. The zero-order valence-corrected chi connectivity index (χ0v) is 11.2. The van der Waals surface area contributed by atoms with Crippen molar-refractivity contribution in [3.05, 3.63) is 22.4 Å². The van der Waals surface area contributed by atoms with E-state index in [0.29, 0.717) is 6.04 Å². The maximum absolute atomic E-state index is 11.7. The molecule has 1 aliphatic rings. The molecule has 100 valence electrons. The van der Waals surface area contributed by atoms with E-state index in [0.717, 1.165) is 18.4 Å². The Hall–Kier alpha value is -1.07. The van der Waals surface area contributed by atoms with Crippen molar-refractivity contribution < 1.29 is 9.90 Å². The summed E-state index contributed by atoms with van der Waals surface area (Å²) in [6.07, 6.45) is 5.19. The molecule has 0 spiro atoms. The third kappa shape index (κ3) is 3.99. The van der Waals surface area contributed by atoms with Gasteiger partial charge in [0.2, 0.25) is 0 Å². The molecule has 4 nitrogen and oxygen atoms in total. The van der Waals surface area contributed by atoms with Crippen LogP contribution in [0, 0.1) is 0 Å². The fraction of sp³-hybridized carbons (Fsp3) is 0.615. The second-order valence-corrected chi connectivity index (χ2v) is 5.54. The van der Waals surface area contributed by atoms with Crippen molar-refractivity contribution in [2.24, 2.45) is 0 Å². The quantitative estimate of drug-likeness (QED) is 0.785. The number of rotatable bonds is 4. The molecule has 1 atom stereocenters. The molecule has 0 aromatic carbocycles. The Labute approximate surface area is 111 Å². The smallest absolute Gasteiger partial charge is 0.315 e. The molecule has 1 fully saturated rings. The molecule has 3 N–H and O–H groups in total. The molecule has 2 amide bonds. The molecule has 0 radical (unpaired) electrons. The number of amides is 2. The summed E-state index contributed by atoms with van der Waals surface area (Å²) >= 11 is 1.54. The average Bonchev–Trinajstić information content (AvgIpc) is 2.91. The van der Waals surface area contributed by atoms with Gasteiger partial charge in [0.15, 0.2) is 0 Å². The van der Waals surface area contributed by atoms with Gasteiger partial charge >= 0.3 is 6.03 Å². The first-order valence-corrected chi connectivity index (χ1v) is 7.44. The molecular weight excluding hydrogens is 248 g/mol. The SMILES string of the molecule is O=C(NCC(O)c1ccsc1)NC1CCCCC1. The summed E-state index contributed by atoms with van der Waals surface area (Å²) in [4.78, 5) is 11.7. The van der Waals surface area contributed by atoms with Crippen LogP contribution in [-0.2, 0) is 0 Å². The fourth-order valence-corrected chi connectivity index (χ4v) is 2.96. The van der Waals surface area contributed by atoms with Crippen molar-refractivity contribution in [3.63, 3.8) is 0 Å². The van der Waals surface area contributed by atoms with Crippen molar-refractivity contribution in [2.75, 3.05) is 6.54 Å². The summed E-state index contributed by atoms with van der Waals surface area (Å²) in [5, 5.41) is 19.3. The lowest BCUT2D eigenvalue weighted by Gasteiger charge is -2.23. The van der Waals surface area contributed by atoms with Crippen molar-refractivity contribution >= 4 is 17.4 Å². The van der Waals surface area contributed by atoms with Crippen LogP contribution >= 0.6 is 11.3 Å². The lowest BCUT2D eigenvalue weighted by atomic mass is 9.96. The van der Waals surface area contributed by atoms with E-state index in [1.807, 2.05) is 16.8 Å². The van der Waals surface area contributed by atoms with Crippen LogP contribution in [0.4, 0.5) is 4.79 Å². The number of carbonyl (C=O) groups is 1. The Bertz CT molecular complexity index is 361. The highest BCUT2D eigenvalue weighted by atomic mass is 32.1. The molecule has 5 heteroatoms. The molecule has 1 saturated carbocycles. The van der Waals surface area contributed by atoms with E-state index in [4.69, 9.17) is 0 Å². The van der Waals surface area contributed by atoms with Crippen LogP contribution in [0.25, 0.3) is 0 Å². The lowest BCUT2D eigenvalue weighted by molar-refractivity contribution is 0.172. The minimum absolute atomic E-state index is 0.170. The zero-order valence-electron chi connectivity index (χ0n) is 10.4. The number of urea groups is 1. The van der Waals surface area contributed by atoms with Gasteiger partial charge in [-0.25, -0.2) is 4.79 Å². The highest BCUT2D eigenvalue weighted by Crippen LogP contribution is 2.17. The predicted molar refractivity (Wildman–Crippen MR) is 72.7 cm³/mol. The molecule has 1 aliphatic carbocycles. The first-order valence-electron chi connectivity index (χ1n) is 6.50. The van der Waals surface area contributed by atoms with E-state index in [2.05, 4.69) is 10.6 Å². The van der Waals surface area contributed by atoms with Gasteiger partial charge in [0.05, 0.1) is 6.10 Å². The van der Waals surface area contributed by atoms with E-state index < -0.39 is 6.10 Å². The van der Waals surface area contributed by atoms with E-state index >= 15 is 0 Å².